The van der Waals surface area contributed by atoms with Crippen molar-refractivity contribution in [2.75, 3.05) is 32.9 Å². The first-order valence-electron chi connectivity index (χ1n) is 5.85. The van der Waals surface area contributed by atoms with E-state index < -0.39 is 18.1 Å². The minimum atomic E-state index is -0.915. The summed E-state index contributed by atoms with van der Waals surface area (Å²) in [7, 11) is 0. The van der Waals surface area contributed by atoms with Gasteiger partial charge in [0, 0.05) is 13.1 Å². The van der Waals surface area contributed by atoms with Gasteiger partial charge in [0.1, 0.15) is 6.04 Å². The Labute approximate surface area is 101 Å². The predicted octanol–water partition coefficient (Wildman–Crippen LogP) is -0.442. The first-order valence-corrected chi connectivity index (χ1v) is 5.85. The maximum atomic E-state index is 11.0. The summed E-state index contributed by atoms with van der Waals surface area (Å²) in [5, 5.41) is 18.8. The molecule has 0 radical (unpaired) electrons. The van der Waals surface area contributed by atoms with Gasteiger partial charge in [0.2, 0.25) is 0 Å². The summed E-state index contributed by atoms with van der Waals surface area (Å²) in [4.78, 5) is 12.7. The summed E-state index contributed by atoms with van der Waals surface area (Å²) >= 11 is 0. The lowest BCUT2D eigenvalue weighted by atomic mass is 10.2. The number of rotatable bonds is 6. The van der Waals surface area contributed by atoms with E-state index in [0.29, 0.717) is 19.7 Å². The predicted molar refractivity (Wildman–Crippen MR) is 60.9 cm³/mol. The highest BCUT2D eigenvalue weighted by Crippen LogP contribution is 2.08. The molecular weight excluding hydrogens is 226 g/mol. The number of nitrogens with zero attached hydrogens (tertiary/aromatic N) is 1. The van der Waals surface area contributed by atoms with E-state index in [0.717, 1.165) is 0 Å². The highest BCUT2D eigenvalue weighted by atomic mass is 16.5. The quantitative estimate of drug-likeness (QED) is 0.662. The molecule has 1 heterocycles. The molecule has 0 saturated carbocycles. The van der Waals surface area contributed by atoms with E-state index in [1.807, 2.05) is 13.8 Å². The van der Waals surface area contributed by atoms with Crippen LogP contribution in [0.2, 0.25) is 0 Å². The van der Waals surface area contributed by atoms with Gasteiger partial charge in [-0.25, -0.2) is 0 Å². The van der Waals surface area contributed by atoms with Crippen molar-refractivity contribution in [1.82, 2.24) is 4.90 Å². The molecule has 0 amide bonds. The molecule has 1 fully saturated rings. The van der Waals surface area contributed by atoms with E-state index in [2.05, 4.69) is 0 Å². The van der Waals surface area contributed by atoms with Crippen LogP contribution in [0.3, 0.4) is 0 Å². The average molecular weight is 247 g/mol. The summed E-state index contributed by atoms with van der Waals surface area (Å²) in [5.41, 5.74) is 0. The largest absolute Gasteiger partial charge is 0.480 e. The molecule has 2 atom stereocenters. The molecular formula is C11H21NO5. The van der Waals surface area contributed by atoms with Crippen LogP contribution in [0.15, 0.2) is 0 Å². The van der Waals surface area contributed by atoms with Crippen molar-refractivity contribution in [2.24, 2.45) is 0 Å². The monoisotopic (exact) mass is 247 g/mol. The van der Waals surface area contributed by atoms with Crippen molar-refractivity contribution in [3.8, 4) is 0 Å². The molecule has 0 spiro atoms. The van der Waals surface area contributed by atoms with E-state index >= 15 is 0 Å². The first-order chi connectivity index (χ1) is 8.00. The van der Waals surface area contributed by atoms with Crippen molar-refractivity contribution in [2.45, 2.75) is 32.1 Å². The van der Waals surface area contributed by atoms with E-state index in [1.54, 1.807) is 4.90 Å². The second kappa shape index (κ2) is 6.90. The zero-order valence-corrected chi connectivity index (χ0v) is 10.3. The Morgan fingerprint density at radius 3 is 2.88 bits per heavy atom. The van der Waals surface area contributed by atoms with Crippen LogP contribution in [0.5, 0.6) is 0 Å². The Morgan fingerprint density at radius 2 is 2.29 bits per heavy atom. The van der Waals surface area contributed by atoms with E-state index in [-0.39, 0.29) is 19.3 Å². The molecule has 6 heteroatoms. The summed E-state index contributed by atoms with van der Waals surface area (Å²) in [6.45, 7) is 5.50. The van der Waals surface area contributed by atoms with Crippen LogP contribution >= 0.6 is 0 Å². The summed E-state index contributed by atoms with van der Waals surface area (Å²) in [6.07, 6.45) is -0.609. The maximum absolute atomic E-state index is 11.0. The van der Waals surface area contributed by atoms with E-state index in [1.165, 1.54) is 0 Å². The van der Waals surface area contributed by atoms with E-state index in [9.17, 15) is 9.90 Å². The third-order valence-electron chi connectivity index (χ3n) is 2.59. The SMILES string of the molecule is CC(C)OCC(O)CN1CCOCC1C(=O)O. The molecule has 0 aromatic heterocycles. The number of aliphatic hydroxyl groups excluding tert-OH is 1. The maximum Gasteiger partial charge on any atom is 0.323 e. The molecule has 2 unspecified atom stereocenters. The number of aliphatic hydroxyl groups is 1. The minimum Gasteiger partial charge on any atom is -0.480 e. The molecule has 1 rings (SSSR count). The van der Waals surface area contributed by atoms with Gasteiger partial charge < -0.3 is 19.7 Å². The third kappa shape index (κ3) is 4.99. The topological polar surface area (TPSA) is 79.2 Å². The molecule has 6 nitrogen and oxygen atoms in total. The van der Waals surface area contributed by atoms with Gasteiger partial charge in [0.05, 0.1) is 32.0 Å². The molecule has 0 bridgehead atoms. The number of carboxylic acids is 1. The van der Waals surface area contributed by atoms with Gasteiger partial charge in [-0.05, 0) is 13.8 Å². The van der Waals surface area contributed by atoms with Gasteiger partial charge >= 0.3 is 5.97 Å². The number of morpholine rings is 1. The molecule has 100 valence electrons. The lowest BCUT2D eigenvalue weighted by molar-refractivity contribution is -0.151. The zero-order chi connectivity index (χ0) is 12.8. The van der Waals surface area contributed by atoms with Crippen molar-refractivity contribution < 1.29 is 24.5 Å². The summed E-state index contributed by atoms with van der Waals surface area (Å²) in [6, 6.07) is -0.669. The van der Waals surface area contributed by atoms with Crippen molar-refractivity contribution in [1.29, 1.82) is 0 Å². The van der Waals surface area contributed by atoms with Crippen molar-refractivity contribution in [3.63, 3.8) is 0 Å². The number of carboxylic acid groups (broad SMARTS) is 1. The summed E-state index contributed by atoms with van der Waals surface area (Å²) in [5.74, 6) is -0.915. The molecule has 2 N–H and O–H groups in total. The average Bonchev–Trinajstić information content (AvgIpc) is 2.27. The standard InChI is InChI=1S/C11H21NO5/c1-8(2)17-6-9(13)5-12-3-4-16-7-10(12)11(14)15/h8-10,13H,3-7H2,1-2H3,(H,14,15). The second-order valence-electron chi connectivity index (χ2n) is 4.46. The Hall–Kier alpha value is -0.690. The molecule has 1 saturated heterocycles. The molecule has 17 heavy (non-hydrogen) atoms. The van der Waals surface area contributed by atoms with Crippen LogP contribution in [0.25, 0.3) is 0 Å². The molecule has 0 aliphatic carbocycles. The van der Waals surface area contributed by atoms with Gasteiger partial charge in [-0.1, -0.05) is 0 Å². The third-order valence-corrected chi connectivity index (χ3v) is 2.59. The number of aliphatic carboxylic acids is 1. The van der Waals surface area contributed by atoms with Crippen LogP contribution in [-0.2, 0) is 14.3 Å². The van der Waals surface area contributed by atoms with Crippen LogP contribution in [0.4, 0.5) is 0 Å². The summed E-state index contributed by atoms with van der Waals surface area (Å²) < 4.78 is 10.4. The Bertz CT molecular complexity index is 246. The Balaban J connectivity index is 2.39. The number of hydrogen-bond acceptors (Lipinski definition) is 5. The van der Waals surface area contributed by atoms with Crippen molar-refractivity contribution >= 4 is 5.97 Å². The lowest BCUT2D eigenvalue weighted by Gasteiger charge is -2.34. The molecule has 1 aliphatic rings. The second-order valence-corrected chi connectivity index (χ2v) is 4.46. The number of hydrogen-bond donors (Lipinski definition) is 2. The fraction of sp³-hybridized carbons (Fsp3) is 0.909. The fourth-order valence-corrected chi connectivity index (χ4v) is 1.71. The minimum absolute atomic E-state index is 0.0598. The molecule has 0 aromatic carbocycles. The number of ether oxygens (including phenoxy) is 2. The smallest absolute Gasteiger partial charge is 0.323 e. The van der Waals surface area contributed by atoms with Gasteiger partial charge in [-0.3, -0.25) is 9.69 Å². The van der Waals surface area contributed by atoms with Crippen molar-refractivity contribution in [3.05, 3.63) is 0 Å². The Morgan fingerprint density at radius 1 is 1.59 bits per heavy atom. The van der Waals surface area contributed by atoms with Gasteiger partial charge in [-0.2, -0.15) is 0 Å². The molecule has 0 aromatic rings. The normalized spacial score (nSPS) is 23.9. The van der Waals surface area contributed by atoms with Crippen LogP contribution in [-0.4, -0.2) is 72.2 Å². The number of β-amino-alcohol motifs (C(OH)–C–C–N with tert-alkyl or cyclic N) is 1. The number of carbonyl (C=O) groups is 1. The zero-order valence-electron chi connectivity index (χ0n) is 10.3. The van der Waals surface area contributed by atoms with Crippen LogP contribution in [0.1, 0.15) is 13.8 Å². The van der Waals surface area contributed by atoms with Crippen LogP contribution < -0.4 is 0 Å². The van der Waals surface area contributed by atoms with E-state index in [4.69, 9.17) is 14.6 Å². The van der Waals surface area contributed by atoms with Gasteiger partial charge in [-0.15, -0.1) is 0 Å². The van der Waals surface area contributed by atoms with Gasteiger partial charge in [0.25, 0.3) is 0 Å². The highest BCUT2D eigenvalue weighted by Gasteiger charge is 2.30. The molecule has 1 aliphatic heterocycles. The van der Waals surface area contributed by atoms with Gasteiger partial charge in [0.15, 0.2) is 0 Å². The lowest BCUT2D eigenvalue weighted by Crippen LogP contribution is -2.52. The fourth-order valence-electron chi connectivity index (χ4n) is 1.71. The Kier molecular flexibility index (Phi) is 5.84. The van der Waals surface area contributed by atoms with Crippen LogP contribution in [0, 0.1) is 0 Å². The highest BCUT2D eigenvalue weighted by molar-refractivity contribution is 5.73. The first kappa shape index (κ1) is 14.4.